The first-order valence-electron chi connectivity index (χ1n) is 11.4. The normalized spacial score (nSPS) is 11.5. The fourth-order valence-electron chi connectivity index (χ4n) is 3.72. The highest BCUT2D eigenvalue weighted by Gasteiger charge is 2.20. The molecule has 0 aliphatic rings. The number of hydrogen-bond donors (Lipinski definition) is 3. The van der Waals surface area contributed by atoms with Crippen LogP contribution in [0.5, 0.6) is 11.5 Å². The van der Waals surface area contributed by atoms with Crippen molar-refractivity contribution in [2.24, 2.45) is 0 Å². The number of nitrogens with zero attached hydrogens (tertiary/aromatic N) is 3. The third-order valence-corrected chi connectivity index (χ3v) is 5.88. The van der Waals surface area contributed by atoms with E-state index >= 15 is 0 Å². The molecule has 0 unspecified atom stereocenters. The van der Waals surface area contributed by atoms with E-state index in [1.54, 1.807) is 39.8 Å². The molecule has 2 heterocycles. The first-order valence-corrected chi connectivity index (χ1v) is 11.8. The zero-order valence-corrected chi connectivity index (χ0v) is 21.9. The van der Waals surface area contributed by atoms with Crippen LogP contribution in [0.4, 0.5) is 0 Å². The second-order valence-corrected chi connectivity index (χ2v) is 8.05. The van der Waals surface area contributed by atoms with Crippen LogP contribution >= 0.6 is 11.6 Å². The maximum absolute atomic E-state index is 11.9. The fourth-order valence-corrected chi connectivity index (χ4v) is 4.06. The summed E-state index contributed by atoms with van der Waals surface area (Å²) in [4.78, 5) is 25.7. The Bertz CT molecular complexity index is 1360. The molecule has 0 saturated heterocycles. The molecule has 1 aromatic carbocycles. The Morgan fingerprint density at radius 2 is 1.92 bits per heavy atom. The predicted octanol–water partition coefficient (Wildman–Crippen LogP) is 3.78. The molecule has 0 radical (unpaired) electrons. The van der Waals surface area contributed by atoms with Gasteiger partial charge in [0.1, 0.15) is 17.2 Å². The second-order valence-electron chi connectivity index (χ2n) is 7.67. The summed E-state index contributed by atoms with van der Waals surface area (Å²) in [5, 5.41) is 14.7. The molecule has 194 valence electrons. The van der Waals surface area contributed by atoms with Gasteiger partial charge in [0, 0.05) is 48.6 Å². The quantitative estimate of drug-likeness (QED) is 0.185. The van der Waals surface area contributed by atoms with E-state index in [0.29, 0.717) is 58.6 Å². The molecule has 1 amide bonds. The lowest BCUT2D eigenvalue weighted by molar-refractivity contribution is -0.115. The van der Waals surface area contributed by atoms with Crippen LogP contribution in [0.15, 0.2) is 42.9 Å². The SMILES string of the molecule is C=CC(=O)N/C(C=N)=C(/NCCOC)c1ncc2cc(-c3c(Cl)c(OC)cc(OC)c3CC)ncc2n1. The van der Waals surface area contributed by atoms with Crippen molar-refractivity contribution in [2.75, 3.05) is 34.5 Å². The van der Waals surface area contributed by atoms with Crippen molar-refractivity contribution in [1.82, 2.24) is 25.6 Å². The number of carbonyl (C=O) groups excluding carboxylic acids is 1. The second kappa shape index (κ2) is 12.8. The molecule has 0 spiro atoms. The maximum atomic E-state index is 11.9. The van der Waals surface area contributed by atoms with Gasteiger partial charge in [-0.15, -0.1) is 0 Å². The molecular weight excluding hydrogens is 496 g/mol. The number of aromatic nitrogens is 3. The standard InChI is InChI=1S/C26H29ClN6O4/c1-6-16-20(36-4)11-21(37-5)24(27)23(16)17-10-15-13-31-26(33-19(15)14-30-17)25(29-8-9-35-3)18(12-28)32-22(34)7-2/h7,10-14,28-29H,2,6,8-9H2,1,3-5H3,(H,32,34)/b25-18+,28-12?. The van der Waals surface area contributed by atoms with Crippen LogP contribution in [0.1, 0.15) is 18.3 Å². The van der Waals surface area contributed by atoms with E-state index in [4.69, 9.17) is 31.2 Å². The number of benzene rings is 1. The van der Waals surface area contributed by atoms with E-state index in [9.17, 15) is 4.79 Å². The molecule has 10 nitrogen and oxygen atoms in total. The number of hydrogen-bond acceptors (Lipinski definition) is 9. The Labute approximate surface area is 220 Å². The van der Waals surface area contributed by atoms with Gasteiger partial charge in [-0.25, -0.2) is 9.97 Å². The molecular formula is C26H29ClN6O4. The summed E-state index contributed by atoms with van der Waals surface area (Å²) in [5.41, 5.74) is 3.35. The minimum atomic E-state index is -0.464. The smallest absolute Gasteiger partial charge is 0.247 e. The molecule has 0 aliphatic heterocycles. The topological polar surface area (TPSA) is 131 Å². The number of amides is 1. The van der Waals surface area contributed by atoms with E-state index in [2.05, 4.69) is 32.2 Å². The van der Waals surface area contributed by atoms with E-state index in [-0.39, 0.29) is 11.5 Å². The monoisotopic (exact) mass is 524 g/mol. The van der Waals surface area contributed by atoms with Crippen LogP contribution in [0, 0.1) is 5.41 Å². The lowest BCUT2D eigenvalue weighted by Crippen LogP contribution is -2.28. The van der Waals surface area contributed by atoms with E-state index in [0.717, 1.165) is 23.2 Å². The van der Waals surface area contributed by atoms with Crippen LogP contribution in [-0.4, -0.2) is 61.6 Å². The van der Waals surface area contributed by atoms with Crippen molar-refractivity contribution < 1.29 is 19.0 Å². The Kier molecular flexibility index (Phi) is 9.53. The molecule has 0 saturated carbocycles. The number of ether oxygens (including phenoxy) is 3. The lowest BCUT2D eigenvalue weighted by Gasteiger charge is -2.17. The molecule has 2 aromatic heterocycles. The third kappa shape index (κ3) is 6.04. The average molecular weight is 525 g/mol. The van der Waals surface area contributed by atoms with Gasteiger partial charge in [0.15, 0.2) is 5.82 Å². The van der Waals surface area contributed by atoms with Crippen LogP contribution in [0.25, 0.3) is 27.9 Å². The minimum Gasteiger partial charge on any atom is -0.496 e. The summed E-state index contributed by atoms with van der Waals surface area (Å²) >= 11 is 6.70. The van der Waals surface area contributed by atoms with Gasteiger partial charge in [0.2, 0.25) is 5.91 Å². The molecule has 3 rings (SSSR count). The third-order valence-electron chi connectivity index (χ3n) is 5.50. The Hall–Kier alpha value is -4.02. The molecule has 0 atom stereocenters. The van der Waals surface area contributed by atoms with Gasteiger partial charge < -0.3 is 30.3 Å². The number of allylic oxidation sites excluding steroid dienone is 1. The van der Waals surface area contributed by atoms with Crippen molar-refractivity contribution >= 4 is 40.3 Å². The number of nitrogens with one attached hydrogen (secondary N) is 3. The van der Waals surface area contributed by atoms with Gasteiger partial charge in [-0.05, 0) is 18.6 Å². The predicted molar refractivity (Wildman–Crippen MR) is 144 cm³/mol. The molecule has 37 heavy (non-hydrogen) atoms. The highest BCUT2D eigenvalue weighted by molar-refractivity contribution is 6.35. The van der Waals surface area contributed by atoms with E-state index in [1.807, 2.05) is 13.0 Å². The minimum absolute atomic E-state index is 0.188. The van der Waals surface area contributed by atoms with Gasteiger partial charge in [-0.2, -0.15) is 0 Å². The number of pyridine rings is 1. The summed E-state index contributed by atoms with van der Waals surface area (Å²) < 4.78 is 16.1. The maximum Gasteiger partial charge on any atom is 0.247 e. The Morgan fingerprint density at radius 3 is 2.54 bits per heavy atom. The molecule has 0 bridgehead atoms. The summed E-state index contributed by atoms with van der Waals surface area (Å²) in [5.74, 6) is 0.951. The highest BCUT2D eigenvalue weighted by atomic mass is 35.5. The van der Waals surface area contributed by atoms with Gasteiger partial charge in [0.25, 0.3) is 0 Å². The molecule has 0 aliphatic carbocycles. The van der Waals surface area contributed by atoms with Crippen LogP contribution in [0.2, 0.25) is 5.02 Å². The number of fused-ring (bicyclic) bond motifs is 1. The van der Waals surface area contributed by atoms with Crippen molar-refractivity contribution in [2.45, 2.75) is 13.3 Å². The molecule has 3 aromatic rings. The zero-order valence-electron chi connectivity index (χ0n) is 21.1. The van der Waals surface area contributed by atoms with Crippen molar-refractivity contribution in [3.05, 3.63) is 59.3 Å². The van der Waals surface area contributed by atoms with Crippen molar-refractivity contribution in [3.8, 4) is 22.8 Å². The highest BCUT2D eigenvalue weighted by Crippen LogP contribution is 2.43. The van der Waals surface area contributed by atoms with Crippen molar-refractivity contribution in [1.29, 1.82) is 5.41 Å². The first kappa shape index (κ1) is 27.6. The molecule has 0 fully saturated rings. The van der Waals surface area contributed by atoms with Crippen LogP contribution in [0.3, 0.4) is 0 Å². The number of methoxy groups -OCH3 is 3. The zero-order chi connectivity index (χ0) is 26.9. The van der Waals surface area contributed by atoms with Gasteiger partial charge in [-0.1, -0.05) is 25.1 Å². The van der Waals surface area contributed by atoms with Crippen LogP contribution < -0.4 is 20.1 Å². The van der Waals surface area contributed by atoms with E-state index < -0.39 is 5.91 Å². The fraction of sp³-hybridized carbons (Fsp3) is 0.269. The first-order chi connectivity index (χ1) is 17.9. The molecule has 11 heteroatoms. The van der Waals surface area contributed by atoms with Gasteiger partial charge in [-0.3, -0.25) is 9.78 Å². The Balaban J connectivity index is 2.14. The van der Waals surface area contributed by atoms with E-state index in [1.165, 1.54) is 0 Å². The lowest BCUT2D eigenvalue weighted by atomic mass is 9.99. The molecule has 3 N–H and O–H groups in total. The number of halogens is 1. The summed E-state index contributed by atoms with van der Waals surface area (Å²) in [6.45, 7) is 6.27. The van der Waals surface area contributed by atoms with Gasteiger partial charge >= 0.3 is 0 Å². The average Bonchev–Trinajstić information content (AvgIpc) is 2.93. The number of rotatable bonds is 12. The van der Waals surface area contributed by atoms with Gasteiger partial charge in [0.05, 0.1) is 49.0 Å². The van der Waals surface area contributed by atoms with Crippen molar-refractivity contribution in [3.63, 3.8) is 0 Å². The Morgan fingerprint density at radius 1 is 1.16 bits per heavy atom. The largest absolute Gasteiger partial charge is 0.496 e. The summed E-state index contributed by atoms with van der Waals surface area (Å²) in [6.07, 6.45) is 6.06. The van der Waals surface area contributed by atoms with Crippen LogP contribution in [-0.2, 0) is 16.0 Å². The summed E-state index contributed by atoms with van der Waals surface area (Å²) in [7, 11) is 4.72. The number of carbonyl (C=O) groups is 1. The summed E-state index contributed by atoms with van der Waals surface area (Å²) in [6, 6.07) is 3.61.